The number of aromatic nitrogens is 1. The lowest BCUT2D eigenvalue weighted by molar-refractivity contribution is -0.692. The maximum Gasteiger partial charge on any atom is 0.210 e. The van der Waals surface area contributed by atoms with Gasteiger partial charge in [0.1, 0.15) is 0 Å². The molecule has 0 atom stereocenters. The Morgan fingerprint density at radius 2 is 2.40 bits per heavy atom. The van der Waals surface area contributed by atoms with E-state index in [2.05, 4.69) is 12.6 Å². The third-order valence-corrected chi connectivity index (χ3v) is 1.40. The summed E-state index contributed by atoms with van der Waals surface area (Å²) in [6.07, 6.45) is 3.58. The highest BCUT2D eigenvalue weighted by molar-refractivity contribution is 7.80. The molecule has 0 aliphatic heterocycles. The number of rotatable bonds is 2. The number of thiol groups is 1. The second-order valence-electron chi connectivity index (χ2n) is 2.02. The fourth-order valence-corrected chi connectivity index (χ4v) is 0.994. The van der Waals surface area contributed by atoms with Gasteiger partial charge in [-0.1, -0.05) is 0 Å². The van der Waals surface area contributed by atoms with Crippen molar-refractivity contribution in [2.24, 2.45) is 0 Å². The molecule has 1 heterocycles. The summed E-state index contributed by atoms with van der Waals surface area (Å²) in [5.74, 6) is 1.08. The van der Waals surface area contributed by atoms with Crippen LogP contribution in [0.2, 0.25) is 0 Å². The second-order valence-corrected chi connectivity index (χ2v) is 2.47. The van der Waals surface area contributed by atoms with E-state index in [1.807, 2.05) is 10.8 Å². The predicted molar refractivity (Wildman–Crippen MR) is 42.2 cm³/mol. The van der Waals surface area contributed by atoms with Crippen LogP contribution in [0.4, 0.5) is 0 Å². The van der Waals surface area contributed by atoms with Crippen LogP contribution in [0.15, 0.2) is 24.5 Å². The van der Waals surface area contributed by atoms with Crippen molar-refractivity contribution < 1.29 is 9.67 Å². The molecule has 2 nitrogen and oxygen atoms in total. The molecule has 0 unspecified atom stereocenters. The Labute approximate surface area is 65.5 Å². The van der Waals surface area contributed by atoms with Crippen molar-refractivity contribution in [3.8, 4) is 5.75 Å². The van der Waals surface area contributed by atoms with Gasteiger partial charge < -0.3 is 5.11 Å². The largest absolute Gasteiger partial charge is 0.503 e. The quantitative estimate of drug-likeness (QED) is 0.476. The van der Waals surface area contributed by atoms with Crippen LogP contribution in [0.5, 0.6) is 5.75 Å². The van der Waals surface area contributed by atoms with Crippen LogP contribution in [0, 0.1) is 0 Å². The summed E-state index contributed by atoms with van der Waals surface area (Å²) in [5, 5.41) is 8.99. The van der Waals surface area contributed by atoms with Crippen LogP contribution in [0.3, 0.4) is 0 Å². The molecule has 0 aromatic carbocycles. The molecule has 1 aromatic rings. The zero-order chi connectivity index (χ0) is 7.40. The molecule has 1 N–H and O–H groups in total. The van der Waals surface area contributed by atoms with E-state index in [4.69, 9.17) is 5.11 Å². The van der Waals surface area contributed by atoms with Gasteiger partial charge in [-0.15, -0.1) is 0 Å². The van der Waals surface area contributed by atoms with Crippen molar-refractivity contribution in [2.75, 3.05) is 5.75 Å². The molecule has 0 spiro atoms. The fraction of sp³-hybridized carbons (Fsp3) is 0.286. The molecule has 0 aliphatic rings. The van der Waals surface area contributed by atoms with Crippen molar-refractivity contribution in [1.82, 2.24) is 0 Å². The van der Waals surface area contributed by atoms with E-state index in [9.17, 15) is 0 Å². The Kier molecular flexibility index (Phi) is 2.57. The van der Waals surface area contributed by atoms with Crippen LogP contribution in [-0.2, 0) is 6.54 Å². The number of hydrogen-bond acceptors (Lipinski definition) is 2. The van der Waals surface area contributed by atoms with E-state index < -0.39 is 0 Å². The lowest BCUT2D eigenvalue weighted by Gasteiger charge is -1.91. The van der Waals surface area contributed by atoms with Crippen LogP contribution in [0.1, 0.15) is 0 Å². The fourth-order valence-electron chi connectivity index (χ4n) is 0.763. The highest BCUT2D eigenvalue weighted by atomic mass is 32.1. The third kappa shape index (κ3) is 1.92. The molecule has 10 heavy (non-hydrogen) atoms. The maximum absolute atomic E-state index is 8.99. The molecular formula is C7H10NOS+. The van der Waals surface area contributed by atoms with Gasteiger partial charge in [0.2, 0.25) is 6.20 Å². The normalized spacial score (nSPS) is 9.70. The van der Waals surface area contributed by atoms with E-state index in [1.165, 1.54) is 0 Å². The Bertz CT molecular complexity index is 215. The summed E-state index contributed by atoms with van der Waals surface area (Å²) < 4.78 is 1.89. The Morgan fingerprint density at radius 1 is 1.60 bits per heavy atom. The molecule has 0 fully saturated rings. The van der Waals surface area contributed by atoms with E-state index in [0.717, 1.165) is 12.3 Å². The summed E-state index contributed by atoms with van der Waals surface area (Å²) in [7, 11) is 0. The lowest BCUT2D eigenvalue weighted by Crippen LogP contribution is -2.33. The molecule has 54 valence electrons. The molecule has 0 aliphatic carbocycles. The minimum Gasteiger partial charge on any atom is -0.503 e. The van der Waals surface area contributed by atoms with Crippen molar-refractivity contribution in [2.45, 2.75) is 6.54 Å². The topological polar surface area (TPSA) is 24.1 Å². The third-order valence-electron chi connectivity index (χ3n) is 1.20. The molecule has 1 rings (SSSR count). The predicted octanol–water partition coefficient (Wildman–Crippen LogP) is 0.609. The minimum absolute atomic E-state index is 0.296. The van der Waals surface area contributed by atoms with Crippen molar-refractivity contribution >= 4 is 12.6 Å². The zero-order valence-corrected chi connectivity index (χ0v) is 6.46. The first-order chi connectivity index (χ1) is 4.83. The van der Waals surface area contributed by atoms with E-state index in [-0.39, 0.29) is 0 Å². The molecule has 3 heteroatoms. The minimum atomic E-state index is 0.296. The van der Waals surface area contributed by atoms with Gasteiger partial charge in [0, 0.05) is 11.8 Å². The molecule has 0 amide bonds. The van der Waals surface area contributed by atoms with Crippen LogP contribution >= 0.6 is 12.6 Å². The average Bonchev–Trinajstić information content (AvgIpc) is 1.88. The molecule has 0 radical (unpaired) electrons. The summed E-state index contributed by atoms with van der Waals surface area (Å²) >= 11 is 4.06. The molecule has 0 saturated carbocycles. The number of nitrogens with zero attached hydrogens (tertiary/aromatic N) is 1. The first kappa shape index (κ1) is 7.41. The molecule has 0 bridgehead atoms. The second kappa shape index (κ2) is 3.46. The Hall–Kier alpha value is -0.700. The van der Waals surface area contributed by atoms with Gasteiger partial charge in [-0.2, -0.15) is 12.6 Å². The molecule has 1 aromatic heterocycles. The number of hydrogen-bond donors (Lipinski definition) is 2. The van der Waals surface area contributed by atoms with Gasteiger partial charge in [0.25, 0.3) is 0 Å². The van der Waals surface area contributed by atoms with Crippen LogP contribution < -0.4 is 4.57 Å². The zero-order valence-electron chi connectivity index (χ0n) is 5.57. The van der Waals surface area contributed by atoms with Gasteiger partial charge in [-0.25, -0.2) is 4.57 Å². The van der Waals surface area contributed by atoms with Gasteiger partial charge in [0.05, 0.1) is 0 Å². The summed E-state index contributed by atoms with van der Waals surface area (Å²) in [4.78, 5) is 0. The smallest absolute Gasteiger partial charge is 0.210 e. The number of aryl methyl sites for hydroxylation is 1. The number of aromatic hydroxyl groups is 1. The Morgan fingerprint density at radius 3 is 3.00 bits per heavy atom. The monoisotopic (exact) mass is 156 g/mol. The van der Waals surface area contributed by atoms with Gasteiger partial charge in [-0.3, -0.25) is 0 Å². The summed E-state index contributed by atoms with van der Waals surface area (Å²) in [6.45, 7) is 0.831. The first-order valence-corrected chi connectivity index (χ1v) is 3.75. The Balaban J connectivity index is 2.75. The molecule has 0 saturated heterocycles. The average molecular weight is 156 g/mol. The van der Waals surface area contributed by atoms with Crippen molar-refractivity contribution in [1.29, 1.82) is 0 Å². The standard InChI is InChI=1S/C7H9NOS/c9-7-2-1-3-8(6-7)4-5-10/h1-3,6H,4-5H2,(H-,9,10)/p+1. The summed E-state index contributed by atoms with van der Waals surface area (Å²) in [5.41, 5.74) is 0. The van der Waals surface area contributed by atoms with Crippen LogP contribution in [0.25, 0.3) is 0 Å². The van der Waals surface area contributed by atoms with E-state index >= 15 is 0 Å². The van der Waals surface area contributed by atoms with Crippen LogP contribution in [-0.4, -0.2) is 10.9 Å². The lowest BCUT2D eigenvalue weighted by atomic mass is 10.4. The van der Waals surface area contributed by atoms with Crippen molar-refractivity contribution in [3.63, 3.8) is 0 Å². The summed E-state index contributed by atoms with van der Waals surface area (Å²) in [6, 6.07) is 3.45. The number of pyridine rings is 1. The first-order valence-electron chi connectivity index (χ1n) is 3.12. The highest BCUT2D eigenvalue weighted by Crippen LogP contribution is 1.99. The van der Waals surface area contributed by atoms with E-state index in [1.54, 1.807) is 18.3 Å². The highest BCUT2D eigenvalue weighted by Gasteiger charge is 1.97. The maximum atomic E-state index is 8.99. The van der Waals surface area contributed by atoms with Gasteiger partial charge >= 0.3 is 0 Å². The molecular weight excluding hydrogens is 146 g/mol. The van der Waals surface area contributed by atoms with Gasteiger partial charge in [0.15, 0.2) is 18.5 Å². The SMILES string of the molecule is Oc1ccc[n+](CCS)c1. The van der Waals surface area contributed by atoms with E-state index in [0.29, 0.717) is 5.75 Å². The van der Waals surface area contributed by atoms with Crippen molar-refractivity contribution in [3.05, 3.63) is 24.5 Å². The van der Waals surface area contributed by atoms with Gasteiger partial charge in [-0.05, 0) is 6.07 Å².